The van der Waals surface area contributed by atoms with Crippen LogP contribution in [0.5, 0.6) is 0 Å². The monoisotopic (exact) mass is 186 g/mol. The molecule has 12 heavy (non-hydrogen) atoms. The first-order valence-corrected chi connectivity index (χ1v) is 7.33. The van der Waals surface area contributed by atoms with Crippen molar-refractivity contribution in [2.45, 2.75) is 39.1 Å². The topological polar surface area (TPSA) is 26.3 Å². The number of esters is 1. The molecule has 0 fully saturated rings. The molecule has 2 nitrogen and oxygen atoms in total. The molecular weight excluding hydrogens is 168 g/mol. The molecule has 0 aliphatic heterocycles. The molecule has 1 unspecified atom stereocenters. The molecule has 0 heterocycles. The van der Waals surface area contributed by atoms with Crippen molar-refractivity contribution in [3.8, 4) is 0 Å². The quantitative estimate of drug-likeness (QED) is 0.381. The first-order chi connectivity index (χ1) is 5.49. The van der Waals surface area contributed by atoms with Crippen molar-refractivity contribution < 1.29 is 9.53 Å². The zero-order valence-electron chi connectivity index (χ0n) is 8.39. The predicted molar refractivity (Wildman–Crippen MR) is 53.9 cm³/mol. The Morgan fingerprint density at radius 1 is 1.58 bits per heavy atom. The van der Waals surface area contributed by atoms with Crippen LogP contribution in [0.25, 0.3) is 0 Å². The lowest BCUT2D eigenvalue weighted by Gasteiger charge is -2.18. The van der Waals surface area contributed by atoms with Crippen molar-refractivity contribution in [1.29, 1.82) is 0 Å². The summed E-state index contributed by atoms with van der Waals surface area (Å²) in [6.07, 6.45) is 0.920. The van der Waals surface area contributed by atoms with Gasteiger partial charge >= 0.3 is 5.97 Å². The Bertz CT molecular complexity index is 175. The number of ether oxygens (including phenoxy) is 1. The number of hydrogen-bond acceptors (Lipinski definition) is 2. The highest BCUT2D eigenvalue weighted by molar-refractivity contribution is 6.57. The molecule has 0 aliphatic carbocycles. The Labute approximate surface area is 76.2 Å². The SMILES string of the molecule is C=C(C)C(=O)OC(CC)[SiH](C)C. The summed E-state index contributed by atoms with van der Waals surface area (Å²) in [5.41, 5.74) is 0.650. The molecular formula is C9H18O2Si. The summed E-state index contributed by atoms with van der Waals surface area (Å²) < 4.78 is 5.25. The van der Waals surface area contributed by atoms with Gasteiger partial charge in [-0.3, -0.25) is 0 Å². The van der Waals surface area contributed by atoms with E-state index >= 15 is 0 Å². The van der Waals surface area contributed by atoms with Crippen LogP contribution in [-0.4, -0.2) is 20.5 Å². The van der Waals surface area contributed by atoms with E-state index in [0.717, 1.165) is 6.42 Å². The van der Waals surface area contributed by atoms with Crippen molar-refractivity contribution in [2.24, 2.45) is 0 Å². The van der Waals surface area contributed by atoms with Gasteiger partial charge in [0, 0.05) is 5.57 Å². The highest BCUT2D eigenvalue weighted by atomic mass is 28.3. The highest BCUT2D eigenvalue weighted by Gasteiger charge is 2.16. The minimum absolute atomic E-state index is 0.161. The number of carbonyl (C=O) groups excluding carboxylic acids is 1. The summed E-state index contributed by atoms with van der Waals surface area (Å²) >= 11 is 0. The Balaban J connectivity index is 4.03. The first kappa shape index (κ1) is 11.4. The molecule has 0 radical (unpaired) electrons. The maximum absolute atomic E-state index is 11.1. The zero-order chi connectivity index (χ0) is 9.72. The van der Waals surface area contributed by atoms with Gasteiger partial charge in [0.25, 0.3) is 0 Å². The fourth-order valence-electron chi connectivity index (χ4n) is 0.929. The van der Waals surface area contributed by atoms with Gasteiger partial charge in [0.05, 0.1) is 14.5 Å². The average molecular weight is 186 g/mol. The van der Waals surface area contributed by atoms with E-state index in [1.807, 2.05) is 6.92 Å². The van der Waals surface area contributed by atoms with Gasteiger partial charge in [0.1, 0.15) is 0 Å². The summed E-state index contributed by atoms with van der Waals surface area (Å²) in [5, 5.41) is 0. The number of carbonyl (C=O) groups is 1. The molecule has 0 saturated carbocycles. The van der Waals surface area contributed by atoms with Crippen LogP contribution >= 0.6 is 0 Å². The lowest BCUT2D eigenvalue weighted by molar-refractivity contribution is -0.141. The molecule has 70 valence electrons. The molecule has 0 saturated heterocycles. The zero-order valence-corrected chi connectivity index (χ0v) is 9.54. The van der Waals surface area contributed by atoms with Crippen molar-refractivity contribution >= 4 is 14.8 Å². The molecule has 0 amide bonds. The maximum Gasteiger partial charge on any atom is 0.333 e. The summed E-state index contributed by atoms with van der Waals surface area (Å²) in [5.74, 6) is -0.247. The summed E-state index contributed by atoms with van der Waals surface area (Å²) in [4.78, 5) is 11.1. The van der Waals surface area contributed by atoms with Crippen molar-refractivity contribution in [3.63, 3.8) is 0 Å². The lowest BCUT2D eigenvalue weighted by Crippen LogP contribution is -2.29. The van der Waals surface area contributed by atoms with E-state index in [4.69, 9.17) is 4.74 Å². The lowest BCUT2D eigenvalue weighted by atomic mass is 10.4. The summed E-state index contributed by atoms with van der Waals surface area (Å²) in [6, 6.07) is 0. The van der Waals surface area contributed by atoms with Crippen molar-refractivity contribution in [1.82, 2.24) is 0 Å². The molecule has 0 aromatic rings. The van der Waals surface area contributed by atoms with E-state index in [1.165, 1.54) is 0 Å². The van der Waals surface area contributed by atoms with Crippen LogP contribution in [0.15, 0.2) is 12.2 Å². The van der Waals surface area contributed by atoms with E-state index in [-0.39, 0.29) is 11.7 Å². The van der Waals surface area contributed by atoms with Crippen LogP contribution in [0.4, 0.5) is 0 Å². The van der Waals surface area contributed by atoms with Crippen LogP contribution in [0.1, 0.15) is 20.3 Å². The van der Waals surface area contributed by atoms with E-state index in [2.05, 4.69) is 19.7 Å². The predicted octanol–water partition coefficient (Wildman–Crippen LogP) is 1.91. The highest BCUT2D eigenvalue weighted by Crippen LogP contribution is 2.06. The Hall–Kier alpha value is -0.573. The number of rotatable bonds is 4. The average Bonchev–Trinajstić information content (AvgIpc) is 1.98. The van der Waals surface area contributed by atoms with Crippen molar-refractivity contribution in [3.05, 3.63) is 12.2 Å². The van der Waals surface area contributed by atoms with Gasteiger partial charge in [-0.1, -0.05) is 26.6 Å². The molecule has 0 aromatic carbocycles. The van der Waals surface area contributed by atoms with Gasteiger partial charge in [-0.05, 0) is 13.3 Å². The van der Waals surface area contributed by atoms with Crippen LogP contribution in [0, 0.1) is 0 Å². The summed E-state index contributed by atoms with van der Waals surface area (Å²) in [7, 11) is -0.867. The number of hydrogen-bond donors (Lipinski definition) is 0. The molecule has 0 spiro atoms. The third-order valence-electron chi connectivity index (χ3n) is 1.75. The smallest absolute Gasteiger partial charge is 0.333 e. The summed E-state index contributed by atoms with van der Waals surface area (Å²) in [6.45, 7) is 11.6. The minimum Gasteiger partial charge on any atom is -0.463 e. The van der Waals surface area contributed by atoms with Crippen LogP contribution in [0.2, 0.25) is 13.1 Å². The molecule has 0 bridgehead atoms. The maximum atomic E-state index is 11.1. The molecule has 0 N–H and O–H groups in total. The van der Waals surface area contributed by atoms with E-state index in [0.29, 0.717) is 5.57 Å². The van der Waals surface area contributed by atoms with Gasteiger partial charge in [0.15, 0.2) is 0 Å². The molecule has 1 atom stereocenters. The fraction of sp³-hybridized carbons (Fsp3) is 0.667. The van der Waals surface area contributed by atoms with E-state index in [9.17, 15) is 4.79 Å². The Morgan fingerprint density at radius 3 is 2.33 bits per heavy atom. The molecule has 0 aliphatic rings. The van der Waals surface area contributed by atoms with Gasteiger partial charge in [-0.25, -0.2) is 4.79 Å². The molecule has 0 rings (SSSR count). The first-order valence-electron chi connectivity index (χ1n) is 4.35. The fourth-order valence-corrected chi connectivity index (χ4v) is 2.27. The normalized spacial score (nSPS) is 12.8. The second kappa shape index (κ2) is 5.14. The second-order valence-corrected chi connectivity index (χ2v) is 6.61. The van der Waals surface area contributed by atoms with Crippen LogP contribution in [-0.2, 0) is 9.53 Å². The van der Waals surface area contributed by atoms with Gasteiger partial charge in [-0.15, -0.1) is 0 Å². The largest absolute Gasteiger partial charge is 0.463 e. The van der Waals surface area contributed by atoms with E-state index < -0.39 is 8.80 Å². The third kappa shape index (κ3) is 3.71. The Morgan fingerprint density at radius 2 is 2.08 bits per heavy atom. The second-order valence-electron chi connectivity index (χ2n) is 3.38. The van der Waals surface area contributed by atoms with Crippen LogP contribution < -0.4 is 0 Å². The Kier molecular flexibility index (Phi) is 4.89. The van der Waals surface area contributed by atoms with Gasteiger partial charge < -0.3 is 4.74 Å². The standard InChI is InChI=1S/C9H18O2Si/c1-6-8(12(4)5)11-9(10)7(2)3/h8,12H,2,6H2,1,3-5H3. The van der Waals surface area contributed by atoms with E-state index in [1.54, 1.807) is 6.92 Å². The van der Waals surface area contributed by atoms with Crippen LogP contribution in [0.3, 0.4) is 0 Å². The molecule has 3 heteroatoms. The third-order valence-corrected chi connectivity index (χ3v) is 3.85. The van der Waals surface area contributed by atoms with Crippen molar-refractivity contribution in [2.75, 3.05) is 0 Å². The van der Waals surface area contributed by atoms with Gasteiger partial charge in [-0.2, -0.15) is 0 Å². The van der Waals surface area contributed by atoms with Gasteiger partial charge in [0.2, 0.25) is 0 Å². The molecule has 0 aromatic heterocycles. The minimum atomic E-state index is -0.867.